The van der Waals surface area contributed by atoms with Crippen LogP contribution in [0.25, 0.3) is 0 Å². The summed E-state index contributed by atoms with van der Waals surface area (Å²) < 4.78 is 11.8. The van der Waals surface area contributed by atoms with E-state index in [1.165, 1.54) is 6.42 Å². The Kier molecular flexibility index (Phi) is 5.06. The van der Waals surface area contributed by atoms with Crippen molar-refractivity contribution >= 4 is 11.6 Å². The largest absolute Gasteiger partial charge is 0.468 e. The lowest BCUT2D eigenvalue weighted by Gasteiger charge is -2.53. The van der Waals surface area contributed by atoms with Crippen LogP contribution in [-0.2, 0) is 11.3 Å². The zero-order valence-electron chi connectivity index (χ0n) is 16.5. The fraction of sp³-hybridized carbons (Fsp3) is 0.600. The monoisotopic (exact) mass is 371 g/mol. The molecule has 27 heavy (non-hydrogen) atoms. The topological polar surface area (TPSA) is 57.9 Å². The van der Waals surface area contributed by atoms with Gasteiger partial charge in [0.15, 0.2) is 0 Å². The summed E-state index contributed by atoms with van der Waals surface area (Å²) in [6, 6.07) is 6.01. The van der Waals surface area contributed by atoms with Crippen LogP contribution in [-0.4, -0.2) is 67.9 Å². The molecule has 0 N–H and O–H groups in total. The van der Waals surface area contributed by atoms with Crippen LogP contribution in [0.3, 0.4) is 0 Å². The van der Waals surface area contributed by atoms with Crippen molar-refractivity contribution in [1.29, 1.82) is 0 Å². The van der Waals surface area contributed by atoms with Gasteiger partial charge < -0.3 is 19.0 Å². The molecule has 146 valence electrons. The SMILES string of the molecule is CN(Cc1ccco1)C[C@H]1CCC2(CN(c3cc(N(C)C)ncn3)C2)OC1. The second-order valence-corrected chi connectivity index (χ2v) is 8.16. The van der Waals surface area contributed by atoms with Crippen molar-refractivity contribution in [2.45, 2.75) is 25.0 Å². The molecular weight excluding hydrogens is 342 g/mol. The van der Waals surface area contributed by atoms with Crippen molar-refractivity contribution in [3.63, 3.8) is 0 Å². The molecule has 7 heteroatoms. The first-order chi connectivity index (χ1) is 13.0. The van der Waals surface area contributed by atoms with Gasteiger partial charge in [-0.25, -0.2) is 9.97 Å². The van der Waals surface area contributed by atoms with Crippen molar-refractivity contribution in [3.05, 3.63) is 36.5 Å². The molecule has 4 rings (SSSR count). The quantitative estimate of drug-likeness (QED) is 0.772. The number of hydrogen-bond donors (Lipinski definition) is 0. The van der Waals surface area contributed by atoms with Gasteiger partial charge in [-0.1, -0.05) is 0 Å². The summed E-state index contributed by atoms with van der Waals surface area (Å²) in [7, 11) is 6.14. The molecule has 0 radical (unpaired) electrons. The fourth-order valence-corrected chi connectivity index (χ4v) is 4.05. The second kappa shape index (κ2) is 7.48. The number of ether oxygens (including phenoxy) is 1. The molecule has 2 aromatic rings. The maximum absolute atomic E-state index is 6.33. The maximum Gasteiger partial charge on any atom is 0.134 e. The van der Waals surface area contributed by atoms with Gasteiger partial charge in [0.1, 0.15) is 29.3 Å². The van der Waals surface area contributed by atoms with Gasteiger partial charge in [0.25, 0.3) is 0 Å². The van der Waals surface area contributed by atoms with E-state index in [4.69, 9.17) is 9.15 Å². The first-order valence-corrected chi connectivity index (χ1v) is 9.62. The van der Waals surface area contributed by atoms with Crippen LogP contribution in [0.2, 0.25) is 0 Å². The molecule has 1 atom stereocenters. The van der Waals surface area contributed by atoms with Crippen molar-refractivity contribution in [2.24, 2.45) is 5.92 Å². The van der Waals surface area contributed by atoms with E-state index >= 15 is 0 Å². The molecule has 0 unspecified atom stereocenters. The first-order valence-electron chi connectivity index (χ1n) is 9.62. The van der Waals surface area contributed by atoms with E-state index < -0.39 is 0 Å². The van der Waals surface area contributed by atoms with Gasteiger partial charge in [-0.2, -0.15) is 0 Å². The van der Waals surface area contributed by atoms with E-state index in [-0.39, 0.29) is 5.60 Å². The average Bonchev–Trinajstić information content (AvgIpc) is 3.13. The number of anilines is 2. The molecule has 0 saturated carbocycles. The molecule has 2 aliphatic heterocycles. The molecule has 2 aromatic heterocycles. The zero-order chi connectivity index (χ0) is 18.9. The lowest BCUT2D eigenvalue weighted by molar-refractivity contribution is -0.119. The summed E-state index contributed by atoms with van der Waals surface area (Å²) in [6.45, 7) is 4.57. The van der Waals surface area contributed by atoms with Crippen molar-refractivity contribution in [2.75, 3.05) is 57.2 Å². The highest BCUT2D eigenvalue weighted by atomic mass is 16.5. The van der Waals surface area contributed by atoms with E-state index in [2.05, 4.69) is 26.8 Å². The van der Waals surface area contributed by atoms with Gasteiger partial charge >= 0.3 is 0 Å². The molecular formula is C20H29N5O2. The molecule has 1 spiro atoms. The van der Waals surface area contributed by atoms with Crippen molar-refractivity contribution in [1.82, 2.24) is 14.9 Å². The normalized spacial score (nSPS) is 21.5. The third kappa shape index (κ3) is 4.09. The Morgan fingerprint density at radius 2 is 2.11 bits per heavy atom. The third-order valence-corrected chi connectivity index (χ3v) is 5.59. The van der Waals surface area contributed by atoms with Crippen LogP contribution >= 0.6 is 0 Å². The van der Waals surface area contributed by atoms with E-state index in [1.807, 2.05) is 37.2 Å². The number of hydrogen-bond acceptors (Lipinski definition) is 7. The highest BCUT2D eigenvalue weighted by Crippen LogP contribution is 2.38. The Bertz CT molecular complexity index is 733. The van der Waals surface area contributed by atoms with Crippen LogP contribution < -0.4 is 9.80 Å². The minimum atomic E-state index is 0.0132. The Morgan fingerprint density at radius 1 is 1.26 bits per heavy atom. The molecule has 7 nitrogen and oxygen atoms in total. The lowest BCUT2D eigenvalue weighted by atomic mass is 9.83. The Labute approximate surface area is 160 Å². The Morgan fingerprint density at radius 3 is 2.78 bits per heavy atom. The van der Waals surface area contributed by atoms with Crippen molar-refractivity contribution < 1.29 is 9.15 Å². The molecule has 4 heterocycles. The van der Waals surface area contributed by atoms with Gasteiger partial charge in [0.2, 0.25) is 0 Å². The van der Waals surface area contributed by atoms with Crippen molar-refractivity contribution in [3.8, 4) is 0 Å². The van der Waals surface area contributed by atoms with Crippen LogP contribution in [0.5, 0.6) is 0 Å². The maximum atomic E-state index is 6.33. The lowest BCUT2D eigenvalue weighted by Crippen LogP contribution is -2.65. The molecule has 2 aliphatic rings. The van der Waals surface area contributed by atoms with Crippen LogP contribution in [0.1, 0.15) is 18.6 Å². The molecule has 0 amide bonds. The average molecular weight is 371 g/mol. The molecule has 0 bridgehead atoms. The van der Waals surface area contributed by atoms with E-state index in [0.29, 0.717) is 5.92 Å². The molecule has 0 aliphatic carbocycles. The predicted octanol–water partition coefficient (Wildman–Crippen LogP) is 2.25. The zero-order valence-corrected chi connectivity index (χ0v) is 16.5. The van der Waals surface area contributed by atoms with Crippen LogP contribution in [0, 0.1) is 5.92 Å². The summed E-state index contributed by atoms with van der Waals surface area (Å²) in [6.07, 6.45) is 5.71. The summed E-state index contributed by atoms with van der Waals surface area (Å²) in [5, 5.41) is 0. The highest BCUT2D eigenvalue weighted by Gasteiger charge is 2.47. The molecule has 2 fully saturated rings. The van der Waals surface area contributed by atoms with Gasteiger partial charge in [-0.15, -0.1) is 0 Å². The number of furan rings is 1. The summed E-state index contributed by atoms with van der Waals surface area (Å²) in [5.41, 5.74) is 0.0132. The van der Waals surface area contributed by atoms with Crippen LogP contribution in [0.15, 0.2) is 35.2 Å². The van der Waals surface area contributed by atoms with Gasteiger partial charge in [0, 0.05) is 26.7 Å². The van der Waals surface area contributed by atoms with E-state index in [1.54, 1.807) is 12.6 Å². The molecule has 2 saturated heterocycles. The second-order valence-electron chi connectivity index (χ2n) is 8.16. The van der Waals surface area contributed by atoms with Gasteiger partial charge in [-0.05, 0) is 37.9 Å². The summed E-state index contributed by atoms with van der Waals surface area (Å²) >= 11 is 0. The summed E-state index contributed by atoms with van der Waals surface area (Å²) in [5.74, 6) is 3.53. The predicted molar refractivity (Wildman–Crippen MR) is 105 cm³/mol. The Balaban J connectivity index is 1.25. The van der Waals surface area contributed by atoms with Gasteiger partial charge in [-0.3, -0.25) is 4.90 Å². The third-order valence-electron chi connectivity index (χ3n) is 5.59. The van der Waals surface area contributed by atoms with Crippen LogP contribution in [0.4, 0.5) is 11.6 Å². The molecule has 0 aromatic carbocycles. The van der Waals surface area contributed by atoms with E-state index in [0.717, 1.165) is 56.6 Å². The smallest absolute Gasteiger partial charge is 0.134 e. The van der Waals surface area contributed by atoms with E-state index in [9.17, 15) is 0 Å². The number of nitrogens with zero attached hydrogens (tertiary/aromatic N) is 5. The fourth-order valence-electron chi connectivity index (χ4n) is 4.05. The van der Waals surface area contributed by atoms with Gasteiger partial charge in [0.05, 0.1) is 32.5 Å². The summed E-state index contributed by atoms with van der Waals surface area (Å²) in [4.78, 5) is 15.3. The number of aromatic nitrogens is 2. The number of rotatable bonds is 6. The standard InChI is InChI=1S/C20H29N5O2/c1-23(2)18-9-19(22-15-21-18)25-13-20(14-25)7-6-16(12-27-20)10-24(3)11-17-5-4-8-26-17/h4-5,8-9,15-16H,6-7,10-14H2,1-3H3/t16-/m1/s1. The Hall–Kier alpha value is -2.12. The highest BCUT2D eigenvalue weighted by molar-refractivity contribution is 5.52. The minimum Gasteiger partial charge on any atom is -0.468 e. The minimum absolute atomic E-state index is 0.0132. The first kappa shape index (κ1) is 18.3.